The lowest BCUT2D eigenvalue weighted by atomic mass is 9.80. The molecule has 6 nitrogen and oxygen atoms in total. The van der Waals surface area contributed by atoms with Crippen LogP contribution in [-0.2, 0) is 0 Å². The maximum absolute atomic E-state index is 14.8. The van der Waals surface area contributed by atoms with Crippen LogP contribution in [0.25, 0.3) is 17.0 Å². The topological polar surface area (TPSA) is 101 Å². The average Bonchev–Trinajstić information content (AvgIpc) is 2.92. The normalized spacial score (nSPS) is 18.5. The fraction of sp³-hybridized carbons (Fsp3) is 0.276. The number of rotatable bonds is 5. The van der Waals surface area contributed by atoms with Crippen LogP contribution in [-0.4, -0.2) is 27.7 Å². The Bertz CT molecular complexity index is 1450. The molecule has 4 rings (SSSR count). The van der Waals surface area contributed by atoms with Crippen LogP contribution < -0.4 is 5.73 Å². The summed E-state index contributed by atoms with van der Waals surface area (Å²) in [6, 6.07) is 9.44. The summed E-state index contributed by atoms with van der Waals surface area (Å²) in [7, 11) is 1.73. The molecule has 0 aliphatic heterocycles. The van der Waals surface area contributed by atoms with Gasteiger partial charge >= 0.3 is 0 Å². The summed E-state index contributed by atoms with van der Waals surface area (Å²) in [5, 5.41) is 9.31. The third-order valence-corrected chi connectivity index (χ3v) is 6.71. The number of aliphatic imine (C=N–C) groups is 1. The lowest BCUT2D eigenvalue weighted by Crippen LogP contribution is -2.22. The van der Waals surface area contributed by atoms with Crippen LogP contribution in [0.3, 0.4) is 0 Å². The molecule has 2 N–H and O–H groups in total. The lowest BCUT2D eigenvalue weighted by molar-refractivity contribution is 0.577. The van der Waals surface area contributed by atoms with Crippen LogP contribution in [0.2, 0.25) is 0 Å². The molecule has 0 saturated heterocycles. The van der Waals surface area contributed by atoms with E-state index >= 15 is 0 Å². The van der Waals surface area contributed by atoms with Gasteiger partial charge in [0.05, 0.1) is 16.8 Å². The third kappa shape index (κ3) is 5.31. The second-order valence-electron chi connectivity index (χ2n) is 8.94. The fourth-order valence-corrected chi connectivity index (χ4v) is 4.64. The number of nitrogens with zero attached hydrogens (tertiary/aromatic N) is 5. The van der Waals surface area contributed by atoms with E-state index in [0.29, 0.717) is 23.4 Å². The van der Waals surface area contributed by atoms with Crippen molar-refractivity contribution in [3.63, 3.8) is 0 Å². The van der Waals surface area contributed by atoms with Crippen molar-refractivity contribution < 1.29 is 8.78 Å². The minimum absolute atomic E-state index is 0.0135. The molecule has 1 aliphatic rings. The highest BCUT2D eigenvalue weighted by Gasteiger charge is 2.28. The molecule has 0 amide bonds. The molecule has 0 radical (unpaired) electrons. The zero-order valence-electron chi connectivity index (χ0n) is 21.1. The zero-order chi connectivity index (χ0) is 26.5. The molecule has 8 heteroatoms. The lowest BCUT2D eigenvalue weighted by Gasteiger charge is -2.27. The highest BCUT2D eigenvalue weighted by Crippen LogP contribution is 2.37. The smallest absolute Gasteiger partial charge is 0.160 e. The van der Waals surface area contributed by atoms with E-state index in [4.69, 9.17) is 10.7 Å². The zero-order valence-corrected chi connectivity index (χ0v) is 21.1. The first kappa shape index (κ1) is 25.8. The van der Waals surface area contributed by atoms with Gasteiger partial charge in [-0.05, 0) is 74.1 Å². The molecule has 1 unspecified atom stereocenters. The van der Waals surface area contributed by atoms with E-state index in [2.05, 4.69) is 15.0 Å². The van der Waals surface area contributed by atoms with E-state index in [1.807, 2.05) is 32.1 Å². The van der Waals surface area contributed by atoms with Gasteiger partial charge < -0.3 is 5.73 Å². The summed E-state index contributed by atoms with van der Waals surface area (Å²) in [6.45, 7) is 3.87. The number of halogens is 2. The van der Waals surface area contributed by atoms with Crippen molar-refractivity contribution in [2.75, 3.05) is 12.8 Å². The number of nitrogen functional groups attached to an aromatic ring is 1. The van der Waals surface area contributed by atoms with E-state index in [-0.39, 0.29) is 22.9 Å². The summed E-state index contributed by atoms with van der Waals surface area (Å²) in [5.41, 5.74) is 10.6. The monoisotopic (exact) mass is 498 g/mol. The molecule has 2 heterocycles. The van der Waals surface area contributed by atoms with Gasteiger partial charge in [0.25, 0.3) is 0 Å². The third-order valence-electron chi connectivity index (χ3n) is 6.71. The Labute approximate surface area is 215 Å². The molecule has 3 aromatic rings. The summed E-state index contributed by atoms with van der Waals surface area (Å²) in [5.74, 6) is -0.698. The Morgan fingerprint density at radius 2 is 2.00 bits per heavy atom. The molecule has 0 bridgehead atoms. The Morgan fingerprint density at radius 3 is 2.68 bits per heavy atom. The molecule has 1 aliphatic carbocycles. The first-order chi connectivity index (χ1) is 17.9. The minimum atomic E-state index is -0.587. The SMILES string of the molecule is CC/C(C)=C(/C=C1/CCCC(c2ccnc(-c3cnc(N)c(C#N)c3)n2)C1=NC)c1c(F)cccc1F. The van der Waals surface area contributed by atoms with Crippen molar-refractivity contribution >= 4 is 17.1 Å². The molecule has 1 aromatic carbocycles. The number of pyridine rings is 1. The van der Waals surface area contributed by atoms with Crippen molar-refractivity contribution in [2.24, 2.45) is 4.99 Å². The second kappa shape index (κ2) is 11.2. The van der Waals surface area contributed by atoms with E-state index in [1.54, 1.807) is 25.5 Å². The van der Waals surface area contributed by atoms with Crippen LogP contribution in [0.5, 0.6) is 0 Å². The minimum Gasteiger partial charge on any atom is -0.383 e. The van der Waals surface area contributed by atoms with Gasteiger partial charge in [0.15, 0.2) is 5.82 Å². The maximum atomic E-state index is 14.8. The van der Waals surface area contributed by atoms with Gasteiger partial charge in [0.2, 0.25) is 0 Å². The first-order valence-electron chi connectivity index (χ1n) is 12.2. The molecular formula is C29H28F2N6. The molecule has 1 saturated carbocycles. The molecule has 37 heavy (non-hydrogen) atoms. The molecule has 1 atom stereocenters. The summed E-state index contributed by atoms with van der Waals surface area (Å²) >= 11 is 0. The van der Waals surface area contributed by atoms with Gasteiger partial charge in [-0.15, -0.1) is 0 Å². The Balaban J connectivity index is 1.76. The molecule has 1 fully saturated rings. The van der Waals surface area contributed by atoms with Crippen LogP contribution >= 0.6 is 0 Å². The van der Waals surface area contributed by atoms with Crippen molar-refractivity contribution in [3.05, 3.63) is 88.4 Å². The highest BCUT2D eigenvalue weighted by molar-refractivity contribution is 6.07. The van der Waals surface area contributed by atoms with Gasteiger partial charge in [-0.3, -0.25) is 4.99 Å². The van der Waals surface area contributed by atoms with Crippen molar-refractivity contribution in [1.29, 1.82) is 5.26 Å². The molecule has 188 valence electrons. The van der Waals surface area contributed by atoms with E-state index in [1.165, 1.54) is 18.2 Å². The summed E-state index contributed by atoms with van der Waals surface area (Å²) in [4.78, 5) is 17.9. The standard InChI is InChI=1S/C29H28F2N6/c1-4-17(2)22(26-23(30)9-6-10-24(26)31)14-18-7-5-8-21(27(18)34-3)25-11-12-35-29(37-25)20-13-19(15-32)28(33)36-16-20/h6,9-14,16,21H,4-5,7-8H2,1-3H3,(H2,33,36)/b18-14-,22-17-,34-27?. The Hall–Kier alpha value is -4.25. The number of hydrogen-bond acceptors (Lipinski definition) is 6. The van der Waals surface area contributed by atoms with Gasteiger partial charge in [-0.25, -0.2) is 23.7 Å². The van der Waals surface area contributed by atoms with E-state index in [0.717, 1.165) is 41.8 Å². The number of allylic oxidation sites excluding steroid dienone is 4. The first-order valence-corrected chi connectivity index (χ1v) is 12.2. The van der Waals surface area contributed by atoms with E-state index in [9.17, 15) is 14.0 Å². The van der Waals surface area contributed by atoms with Gasteiger partial charge in [-0.2, -0.15) is 5.26 Å². The van der Waals surface area contributed by atoms with Crippen LogP contribution in [0.1, 0.15) is 62.3 Å². The number of nitrogens with two attached hydrogens (primary N) is 1. The fourth-order valence-electron chi connectivity index (χ4n) is 4.64. The quantitative estimate of drug-likeness (QED) is 0.437. The number of nitriles is 1. The van der Waals surface area contributed by atoms with Crippen LogP contribution in [0.15, 0.2) is 64.9 Å². The number of aromatic nitrogens is 3. The largest absolute Gasteiger partial charge is 0.383 e. The average molecular weight is 499 g/mol. The van der Waals surface area contributed by atoms with Crippen molar-refractivity contribution in [3.8, 4) is 17.5 Å². The predicted molar refractivity (Wildman–Crippen MR) is 142 cm³/mol. The van der Waals surface area contributed by atoms with Crippen molar-refractivity contribution in [1.82, 2.24) is 15.0 Å². The highest BCUT2D eigenvalue weighted by atomic mass is 19.1. The summed E-state index contributed by atoms with van der Waals surface area (Å²) in [6.07, 6.45) is 8.20. The molecule has 0 spiro atoms. The van der Waals surface area contributed by atoms with Crippen LogP contribution in [0, 0.1) is 23.0 Å². The number of hydrogen-bond donors (Lipinski definition) is 1. The van der Waals surface area contributed by atoms with Gasteiger partial charge in [-0.1, -0.05) is 18.6 Å². The maximum Gasteiger partial charge on any atom is 0.160 e. The molecular weight excluding hydrogens is 470 g/mol. The molecule has 2 aromatic heterocycles. The number of anilines is 1. The summed E-state index contributed by atoms with van der Waals surface area (Å²) < 4.78 is 29.5. The predicted octanol–water partition coefficient (Wildman–Crippen LogP) is 6.42. The second-order valence-corrected chi connectivity index (χ2v) is 8.94. The Kier molecular flexibility index (Phi) is 7.83. The van der Waals surface area contributed by atoms with Gasteiger partial charge in [0.1, 0.15) is 23.5 Å². The van der Waals surface area contributed by atoms with Crippen molar-refractivity contribution in [2.45, 2.75) is 45.4 Å². The van der Waals surface area contributed by atoms with Crippen LogP contribution in [0.4, 0.5) is 14.6 Å². The van der Waals surface area contributed by atoms with E-state index < -0.39 is 11.6 Å². The number of benzene rings is 1. The Morgan fingerprint density at radius 1 is 1.24 bits per heavy atom. The van der Waals surface area contributed by atoms with Gasteiger partial charge in [0, 0.05) is 36.6 Å².